The maximum Gasteiger partial charge on any atom is 0.181 e. The Morgan fingerprint density at radius 1 is 0.281 bits per heavy atom. The van der Waals surface area contributed by atoms with E-state index < -0.39 is 16.1 Å². The average Bonchev–Trinajstić information content (AvgIpc) is 3.63. The number of nitrogens with zero attached hydrogens (tertiary/aromatic N) is 3. The number of fused-ring (bicyclic) bond motifs is 3. The van der Waals surface area contributed by atoms with Crippen LogP contribution >= 0.6 is 0 Å². The minimum Gasteiger partial charge on any atom is -0.278 e. The van der Waals surface area contributed by atoms with Gasteiger partial charge in [-0.05, 0) is 65.8 Å². The summed E-state index contributed by atoms with van der Waals surface area (Å²) in [7, 11) is -5.73. The van der Waals surface area contributed by atoms with Gasteiger partial charge in [-0.25, -0.2) is 9.97 Å². The molecule has 57 heavy (non-hydrogen) atoms. The van der Waals surface area contributed by atoms with Crippen LogP contribution in [-0.2, 0) is 0 Å². The second-order valence-electron chi connectivity index (χ2n) is 14.6. The summed E-state index contributed by atoms with van der Waals surface area (Å²) in [5.74, 6) is 0. The Morgan fingerprint density at radius 3 is 0.789 bits per heavy atom. The van der Waals surface area contributed by atoms with Crippen LogP contribution in [0.3, 0.4) is 0 Å². The van der Waals surface area contributed by atoms with Crippen molar-refractivity contribution in [3.8, 4) is 5.69 Å². The number of benzene rings is 7. The average molecular weight is 762 g/mol. The topological polar surface area (TPSA) is 30.7 Å². The molecule has 0 amide bonds. The van der Waals surface area contributed by atoms with E-state index in [4.69, 9.17) is 9.97 Å². The number of hydrogen-bond donors (Lipinski definition) is 0. The van der Waals surface area contributed by atoms with Gasteiger partial charge in [-0.2, -0.15) is 0 Å². The van der Waals surface area contributed by atoms with Gasteiger partial charge in [0.05, 0.1) is 0 Å². The van der Waals surface area contributed by atoms with E-state index in [0.29, 0.717) is 0 Å². The highest BCUT2D eigenvalue weighted by Gasteiger charge is 2.44. The lowest BCUT2D eigenvalue weighted by molar-refractivity contribution is 1.11. The van der Waals surface area contributed by atoms with E-state index in [-0.39, 0.29) is 0 Å². The summed E-state index contributed by atoms with van der Waals surface area (Å²) in [6, 6.07) is 81.9. The van der Waals surface area contributed by atoms with Gasteiger partial charge in [0, 0.05) is 28.9 Å². The van der Waals surface area contributed by atoms with Gasteiger partial charge in [0.15, 0.2) is 16.1 Å². The zero-order valence-corrected chi connectivity index (χ0v) is 33.4. The van der Waals surface area contributed by atoms with Crippen LogP contribution in [0.1, 0.15) is 0 Å². The third-order valence-corrected chi connectivity index (χ3v) is 21.0. The number of aromatic nitrogens is 3. The maximum atomic E-state index is 5.47. The SMILES string of the molecule is c1ccc(-n2c3ncc([Si](c4ccccc4)(c4ccccc4)c4ccccc4)cc3c3cc([Si](c4ccccc4)(c4ccccc4)c4ccccc4)cnc32)cc1. The predicted octanol–water partition coefficient (Wildman–Crippen LogP) is 6.33. The molecule has 0 N–H and O–H groups in total. The van der Waals surface area contributed by atoms with Crippen LogP contribution in [0.5, 0.6) is 0 Å². The summed E-state index contributed by atoms with van der Waals surface area (Å²) in [4.78, 5) is 10.9. The molecule has 0 saturated heterocycles. The molecular formula is C52H39N3Si2. The van der Waals surface area contributed by atoms with Crippen molar-refractivity contribution < 1.29 is 0 Å². The molecule has 3 heterocycles. The molecule has 0 spiro atoms. The lowest BCUT2D eigenvalue weighted by atomic mass is 10.2. The van der Waals surface area contributed by atoms with Crippen molar-refractivity contribution in [1.29, 1.82) is 0 Å². The Kier molecular flexibility index (Phi) is 8.86. The van der Waals surface area contributed by atoms with Crippen molar-refractivity contribution >= 4 is 79.7 Å². The van der Waals surface area contributed by atoms with Gasteiger partial charge in [0.25, 0.3) is 0 Å². The summed E-state index contributed by atoms with van der Waals surface area (Å²) in [6.45, 7) is 0. The molecule has 0 aliphatic rings. The molecule has 0 bridgehead atoms. The molecule has 5 heteroatoms. The molecule has 3 aromatic heterocycles. The van der Waals surface area contributed by atoms with Crippen LogP contribution in [0.15, 0.2) is 237 Å². The molecule has 0 aliphatic heterocycles. The van der Waals surface area contributed by atoms with E-state index in [0.717, 1.165) is 27.8 Å². The molecule has 3 nitrogen and oxygen atoms in total. The quantitative estimate of drug-likeness (QED) is 0.127. The first-order valence-electron chi connectivity index (χ1n) is 19.5. The lowest BCUT2D eigenvalue weighted by Gasteiger charge is -2.34. The van der Waals surface area contributed by atoms with E-state index in [2.05, 4.69) is 241 Å². The molecular weight excluding hydrogens is 723 g/mol. The van der Waals surface area contributed by atoms with Crippen LogP contribution in [0.2, 0.25) is 0 Å². The Labute approximate surface area is 335 Å². The molecule has 0 unspecified atom stereocenters. The Hall–Kier alpha value is -6.93. The number of rotatable bonds is 9. The lowest BCUT2D eigenvalue weighted by Crippen LogP contribution is -2.74. The Morgan fingerprint density at radius 2 is 0.526 bits per heavy atom. The second kappa shape index (κ2) is 14.6. The van der Waals surface area contributed by atoms with Crippen molar-refractivity contribution in [1.82, 2.24) is 14.5 Å². The van der Waals surface area contributed by atoms with Crippen LogP contribution in [0, 0.1) is 0 Å². The normalized spacial score (nSPS) is 11.9. The zero-order chi connectivity index (χ0) is 38.1. The first-order chi connectivity index (χ1) is 28.3. The number of para-hydroxylation sites is 1. The van der Waals surface area contributed by atoms with E-state index in [1.807, 2.05) is 0 Å². The first-order valence-corrected chi connectivity index (χ1v) is 23.5. The van der Waals surface area contributed by atoms with Crippen molar-refractivity contribution in [2.24, 2.45) is 0 Å². The van der Waals surface area contributed by atoms with Crippen LogP contribution in [0.25, 0.3) is 27.8 Å². The molecule has 0 saturated carbocycles. The zero-order valence-electron chi connectivity index (χ0n) is 31.4. The summed E-state index contributed by atoms with van der Waals surface area (Å²) in [5, 5.41) is 12.6. The fourth-order valence-electron chi connectivity index (χ4n) is 9.13. The van der Waals surface area contributed by atoms with Gasteiger partial charge in [-0.15, -0.1) is 0 Å². The molecule has 0 fully saturated rings. The third kappa shape index (κ3) is 5.62. The minimum absolute atomic E-state index is 0.896. The van der Waals surface area contributed by atoms with Gasteiger partial charge >= 0.3 is 0 Å². The minimum atomic E-state index is -2.87. The second-order valence-corrected chi connectivity index (χ2v) is 22.2. The van der Waals surface area contributed by atoms with Gasteiger partial charge in [0.1, 0.15) is 11.3 Å². The Balaban J connectivity index is 1.34. The molecule has 7 aromatic carbocycles. The predicted molar refractivity (Wildman–Crippen MR) is 244 cm³/mol. The highest BCUT2D eigenvalue weighted by molar-refractivity contribution is 7.20. The van der Waals surface area contributed by atoms with Crippen LogP contribution in [0.4, 0.5) is 0 Å². The molecule has 0 radical (unpaired) electrons. The highest BCUT2D eigenvalue weighted by atomic mass is 28.3. The monoisotopic (exact) mass is 761 g/mol. The summed E-state index contributed by atoms with van der Waals surface area (Å²) >= 11 is 0. The molecule has 10 rings (SSSR count). The maximum absolute atomic E-state index is 5.47. The number of hydrogen-bond acceptors (Lipinski definition) is 2. The van der Waals surface area contributed by atoms with Crippen molar-refractivity contribution in [3.63, 3.8) is 0 Å². The van der Waals surface area contributed by atoms with Gasteiger partial charge in [0.2, 0.25) is 0 Å². The van der Waals surface area contributed by atoms with Crippen LogP contribution in [-0.4, -0.2) is 30.7 Å². The number of pyridine rings is 2. The van der Waals surface area contributed by atoms with E-state index in [9.17, 15) is 0 Å². The fourth-order valence-corrected chi connectivity index (χ4v) is 18.5. The van der Waals surface area contributed by atoms with Gasteiger partial charge in [-0.1, -0.05) is 200 Å². The fraction of sp³-hybridized carbons (Fsp3) is 0. The summed E-state index contributed by atoms with van der Waals surface area (Å²) < 4.78 is 2.24. The van der Waals surface area contributed by atoms with E-state index >= 15 is 0 Å². The first kappa shape index (κ1) is 34.6. The largest absolute Gasteiger partial charge is 0.278 e. The molecule has 10 aromatic rings. The van der Waals surface area contributed by atoms with Crippen molar-refractivity contribution in [2.45, 2.75) is 0 Å². The standard InChI is InChI=1S/C52H39N3Si2/c1-8-22-40(23-9-1)55-51-49(36-47(38-53-51)56(41-24-10-2-11-25-41,42-26-12-3-13-27-42)43-28-14-4-15-29-43)50-37-48(39-54-52(50)55)57(44-30-16-5-17-31-44,45-32-18-6-19-33-45)46-34-20-7-21-35-46/h1-39H. The molecule has 0 atom stereocenters. The van der Waals surface area contributed by atoms with Crippen molar-refractivity contribution in [3.05, 3.63) is 237 Å². The smallest absolute Gasteiger partial charge is 0.181 e. The van der Waals surface area contributed by atoms with Gasteiger partial charge in [-0.3, -0.25) is 4.57 Å². The van der Waals surface area contributed by atoms with Gasteiger partial charge < -0.3 is 0 Å². The highest BCUT2D eigenvalue weighted by Crippen LogP contribution is 2.30. The van der Waals surface area contributed by atoms with Crippen molar-refractivity contribution in [2.75, 3.05) is 0 Å². The molecule has 270 valence electrons. The molecule has 0 aliphatic carbocycles. The third-order valence-electron chi connectivity index (χ3n) is 11.6. The summed E-state index contributed by atoms with van der Waals surface area (Å²) in [5.41, 5.74) is 2.83. The van der Waals surface area contributed by atoms with E-state index in [1.165, 1.54) is 41.5 Å². The van der Waals surface area contributed by atoms with E-state index in [1.54, 1.807) is 0 Å². The Bertz CT molecular complexity index is 2550. The van der Waals surface area contributed by atoms with Crippen LogP contribution < -0.4 is 41.5 Å². The summed E-state index contributed by atoms with van der Waals surface area (Å²) in [6.07, 6.45) is 4.30.